The molecule has 1 amide bonds. The third-order valence-corrected chi connectivity index (χ3v) is 6.24. The average Bonchev–Trinajstić information content (AvgIpc) is 2.77. The molecule has 3 rings (SSSR count). The highest BCUT2D eigenvalue weighted by Crippen LogP contribution is 2.36. The minimum atomic E-state index is -3.77. The molecule has 0 aromatic heterocycles. The molecule has 0 heterocycles. The molecule has 0 bridgehead atoms. The van der Waals surface area contributed by atoms with E-state index in [1.165, 1.54) is 31.4 Å². The monoisotopic (exact) mass is 474 g/mol. The normalized spacial score (nSPS) is 11.0. The van der Waals surface area contributed by atoms with Gasteiger partial charge in [0.1, 0.15) is 0 Å². The number of benzene rings is 3. The van der Waals surface area contributed by atoms with Gasteiger partial charge in [0.15, 0.2) is 11.5 Å². The van der Waals surface area contributed by atoms with E-state index in [0.29, 0.717) is 35.0 Å². The Morgan fingerprint density at radius 2 is 1.78 bits per heavy atom. The highest BCUT2D eigenvalue weighted by Gasteiger charge is 2.18. The number of hydrogen-bond acceptors (Lipinski definition) is 5. The van der Waals surface area contributed by atoms with Gasteiger partial charge in [0, 0.05) is 11.3 Å². The molecule has 2 N–H and O–H groups in total. The van der Waals surface area contributed by atoms with Crippen LogP contribution in [0.5, 0.6) is 11.5 Å². The molecule has 9 heteroatoms. The summed E-state index contributed by atoms with van der Waals surface area (Å²) in [6.45, 7) is 3.98. The zero-order valence-electron chi connectivity index (χ0n) is 17.8. The number of sulfonamides is 1. The number of rotatable bonds is 8. The number of nitrogens with one attached hydrogen (secondary N) is 2. The second-order valence-corrected chi connectivity index (χ2v) is 8.91. The first-order valence-electron chi connectivity index (χ1n) is 9.75. The van der Waals surface area contributed by atoms with E-state index in [1.807, 2.05) is 6.92 Å². The molecule has 0 aliphatic carbocycles. The van der Waals surface area contributed by atoms with Gasteiger partial charge >= 0.3 is 0 Å². The third kappa shape index (κ3) is 5.33. The van der Waals surface area contributed by atoms with Gasteiger partial charge in [-0.15, -0.1) is 0 Å². The van der Waals surface area contributed by atoms with Gasteiger partial charge in [-0.3, -0.25) is 9.52 Å². The summed E-state index contributed by atoms with van der Waals surface area (Å²) in [7, 11) is -2.31. The molecule has 0 atom stereocenters. The molecule has 32 heavy (non-hydrogen) atoms. The van der Waals surface area contributed by atoms with Gasteiger partial charge in [-0.05, 0) is 55.8 Å². The van der Waals surface area contributed by atoms with Crippen LogP contribution in [0, 0.1) is 6.92 Å². The molecule has 0 unspecified atom stereocenters. The van der Waals surface area contributed by atoms with Gasteiger partial charge in [0.05, 0.1) is 29.3 Å². The molecule has 0 aliphatic rings. The Morgan fingerprint density at radius 3 is 2.44 bits per heavy atom. The summed E-state index contributed by atoms with van der Waals surface area (Å²) in [5, 5.41) is 3.00. The first kappa shape index (κ1) is 23.4. The first-order valence-corrected chi connectivity index (χ1v) is 11.6. The number of halogens is 1. The predicted molar refractivity (Wildman–Crippen MR) is 126 cm³/mol. The second kappa shape index (κ2) is 9.93. The minimum absolute atomic E-state index is 0.143. The average molecular weight is 475 g/mol. The fraction of sp³-hybridized carbons (Fsp3) is 0.174. The van der Waals surface area contributed by atoms with Crippen molar-refractivity contribution in [1.82, 2.24) is 0 Å². The Bertz CT molecular complexity index is 1230. The SMILES string of the molecule is CCOc1c(Cl)cc(C(=O)Nc2ccc(C)c(NS(=O)(=O)c3ccccc3)c2)cc1OC. The molecular weight excluding hydrogens is 452 g/mol. The second-order valence-electron chi connectivity index (χ2n) is 6.82. The van der Waals surface area contributed by atoms with Crippen molar-refractivity contribution in [2.75, 3.05) is 23.8 Å². The summed E-state index contributed by atoms with van der Waals surface area (Å²) < 4.78 is 38.6. The van der Waals surface area contributed by atoms with E-state index in [2.05, 4.69) is 10.0 Å². The molecule has 168 valence electrons. The fourth-order valence-corrected chi connectivity index (χ4v) is 4.36. The van der Waals surface area contributed by atoms with E-state index in [4.69, 9.17) is 21.1 Å². The van der Waals surface area contributed by atoms with Gasteiger partial charge in [0.2, 0.25) is 0 Å². The summed E-state index contributed by atoms with van der Waals surface area (Å²) in [5.41, 5.74) is 1.74. The number of carbonyl (C=O) groups excluding carboxylic acids is 1. The quantitative estimate of drug-likeness (QED) is 0.473. The smallest absolute Gasteiger partial charge is 0.261 e. The van der Waals surface area contributed by atoms with Crippen molar-refractivity contribution < 1.29 is 22.7 Å². The minimum Gasteiger partial charge on any atom is -0.493 e. The molecule has 3 aromatic carbocycles. The van der Waals surface area contributed by atoms with Crippen molar-refractivity contribution in [3.8, 4) is 11.5 Å². The molecular formula is C23H23ClN2O5S. The Labute approximate surface area is 192 Å². The summed E-state index contributed by atoms with van der Waals surface area (Å²) in [6, 6.07) is 16.0. The fourth-order valence-electron chi connectivity index (χ4n) is 2.95. The van der Waals surface area contributed by atoms with Crippen LogP contribution in [0.25, 0.3) is 0 Å². The Hall–Kier alpha value is -3.23. The van der Waals surface area contributed by atoms with E-state index in [9.17, 15) is 13.2 Å². The van der Waals surface area contributed by atoms with Crippen LogP contribution in [0.4, 0.5) is 11.4 Å². The van der Waals surface area contributed by atoms with E-state index in [0.717, 1.165) is 0 Å². The van der Waals surface area contributed by atoms with Gasteiger partial charge < -0.3 is 14.8 Å². The largest absolute Gasteiger partial charge is 0.493 e. The number of aryl methyl sites for hydroxylation is 1. The molecule has 0 radical (unpaired) electrons. The van der Waals surface area contributed by atoms with Crippen molar-refractivity contribution in [3.05, 3.63) is 76.8 Å². The maximum atomic E-state index is 12.8. The lowest BCUT2D eigenvalue weighted by atomic mass is 10.1. The summed E-state index contributed by atoms with van der Waals surface area (Å²) >= 11 is 6.25. The van der Waals surface area contributed by atoms with Gasteiger partial charge in [-0.2, -0.15) is 0 Å². The van der Waals surface area contributed by atoms with Crippen LogP contribution < -0.4 is 19.5 Å². The van der Waals surface area contributed by atoms with Crippen molar-refractivity contribution in [2.45, 2.75) is 18.7 Å². The number of ether oxygens (including phenoxy) is 2. The van der Waals surface area contributed by atoms with Gasteiger partial charge in [0.25, 0.3) is 15.9 Å². The van der Waals surface area contributed by atoms with Crippen LogP contribution in [0.2, 0.25) is 5.02 Å². The molecule has 0 saturated heterocycles. The standard InChI is InChI=1S/C23H23ClN2O5S/c1-4-31-22-19(24)12-16(13-21(22)30-3)23(27)25-17-11-10-15(2)20(14-17)26-32(28,29)18-8-6-5-7-9-18/h5-14,26H,4H2,1-3H3,(H,25,27). The summed E-state index contributed by atoms with van der Waals surface area (Å²) in [5.74, 6) is 0.264. The van der Waals surface area contributed by atoms with Crippen LogP contribution in [-0.4, -0.2) is 28.0 Å². The van der Waals surface area contributed by atoms with E-state index < -0.39 is 15.9 Å². The maximum Gasteiger partial charge on any atom is 0.261 e. The number of carbonyl (C=O) groups is 1. The first-order chi connectivity index (χ1) is 15.2. The maximum absolute atomic E-state index is 12.8. The molecule has 7 nitrogen and oxygen atoms in total. The topological polar surface area (TPSA) is 93.7 Å². The highest BCUT2D eigenvalue weighted by molar-refractivity contribution is 7.92. The third-order valence-electron chi connectivity index (χ3n) is 4.57. The van der Waals surface area contributed by atoms with Crippen molar-refractivity contribution in [2.24, 2.45) is 0 Å². The van der Waals surface area contributed by atoms with Crippen LogP contribution in [0.3, 0.4) is 0 Å². The van der Waals surface area contributed by atoms with Crippen LogP contribution >= 0.6 is 11.6 Å². The zero-order chi connectivity index (χ0) is 23.3. The number of methoxy groups -OCH3 is 1. The molecule has 3 aromatic rings. The van der Waals surface area contributed by atoms with E-state index in [1.54, 1.807) is 43.3 Å². The molecule has 0 spiro atoms. The lowest BCUT2D eigenvalue weighted by molar-refractivity contribution is 0.102. The Balaban J connectivity index is 1.85. The summed E-state index contributed by atoms with van der Waals surface area (Å²) in [4.78, 5) is 12.9. The number of hydrogen-bond donors (Lipinski definition) is 2. The number of amides is 1. The van der Waals surface area contributed by atoms with Crippen molar-refractivity contribution >= 4 is 38.9 Å². The van der Waals surface area contributed by atoms with Crippen molar-refractivity contribution in [3.63, 3.8) is 0 Å². The van der Waals surface area contributed by atoms with Gasteiger partial charge in [-0.25, -0.2) is 8.42 Å². The number of anilines is 2. The molecule has 0 saturated carbocycles. The van der Waals surface area contributed by atoms with Crippen molar-refractivity contribution in [1.29, 1.82) is 0 Å². The van der Waals surface area contributed by atoms with Crippen LogP contribution in [0.15, 0.2) is 65.6 Å². The van der Waals surface area contributed by atoms with E-state index in [-0.39, 0.29) is 15.5 Å². The predicted octanol–water partition coefficient (Wildman–Crippen LogP) is 5.11. The lowest BCUT2D eigenvalue weighted by Gasteiger charge is -2.15. The Morgan fingerprint density at radius 1 is 1.06 bits per heavy atom. The van der Waals surface area contributed by atoms with Crippen LogP contribution in [-0.2, 0) is 10.0 Å². The van der Waals surface area contributed by atoms with E-state index >= 15 is 0 Å². The zero-order valence-corrected chi connectivity index (χ0v) is 19.4. The van der Waals surface area contributed by atoms with Gasteiger partial charge in [-0.1, -0.05) is 35.9 Å². The molecule has 0 fully saturated rings. The molecule has 0 aliphatic heterocycles. The van der Waals surface area contributed by atoms with Crippen LogP contribution in [0.1, 0.15) is 22.8 Å². The Kier molecular flexibility index (Phi) is 7.27. The summed E-state index contributed by atoms with van der Waals surface area (Å²) in [6.07, 6.45) is 0. The highest BCUT2D eigenvalue weighted by atomic mass is 35.5. The lowest BCUT2D eigenvalue weighted by Crippen LogP contribution is -2.15.